The van der Waals surface area contributed by atoms with E-state index in [-0.39, 0.29) is 24.8 Å². The van der Waals surface area contributed by atoms with Gasteiger partial charge in [-0.05, 0) is 53.7 Å². The van der Waals surface area contributed by atoms with Gasteiger partial charge < -0.3 is 24.8 Å². The molecule has 0 radical (unpaired) electrons. The Labute approximate surface area is 199 Å². The predicted octanol–water partition coefficient (Wildman–Crippen LogP) is 2.42. The molecule has 0 aromatic heterocycles. The zero-order valence-electron chi connectivity index (χ0n) is 19.4. The van der Waals surface area contributed by atoms with Crippen LogP contribution in [0.3, 0.4) is 0 Å². The number of unbranched alkanes of at least 4 members (excludes halogenated alkanes) is 2. The van der Waals surface area contributed by atoms with Crippen molar-refractivity contribution in [1.29, 1.82) is 0 Å². The van der Waals surface area contributed by atoms with Gasteiger partial charge in [-0.25, -0.2) is 0 Å². The fraction of sp³-hybridized carbons (Fsp3) is 1.00. The number of rotatable bonds is 7. The zero-order valence-corrected chi connectivity index (χ0v) is 24.5. The van der Waals surface area contributed by atoms with E-state index in [1.165, 1.54) is 72.3 Å². The summed E-state index contributed by atoms with van der Waals surface area (Å²) in [7, 11) is 1.21. The van der Waals surface area contributed by atoms with Gasteiger partial charge in [0.25, 0.3) is 0 Å². The van der Waals surface area contributed by atoms with Gasteiger partial charge in [-0.1, -0.05) is 61.3 Å². The third kappa shape index (κ3) is 11.9. The van der Waals surface area contributed by atoms with Crippen molar-refractivity contribution in [2.24, 2.45) is 16.2 Å². The quantitative estimate of drug-likeness (QED) is 0.291. The molecule has 3 atom stereocenters. The van der Waals surface area contributed by atoms with Crippen molar-refractivity contribution in [1.82, 2.24) is 0 Å². The average molecular weight is 492 g/mol. The van der Waals surface area contributed by atoms with Gasteiger partial charge in [0.05, 0.1) is 0 Å². The van der Waals surface area contributed by atoms with Crippen molar-refractivity contribution in [3.8, 4) is 0 Å². The largest absolute Gasteiger partial charge is 1.00 e. The summed E-state index contributed by atoms with van der Waals surface area (Å²) in [6, 6.07) is 0. The molecule has 0 aliphatic heterocycles. The molecule has 0 nitrogen and oxygen atoms in total. The fourth-order valence-electron chi connectivity index (χ4n) is 4.68. The van der Waals surface area contributed by atoms with Crippen molar-refractivity contribution in [3.63, 3.8) is 0 Å². The van der Waals surface area contributed by atoms with Gasteiger partial charge in [0.15, 0.2) is 0 Å². The van der Waals surface area contributed by atoms with Gasteiger partial charge in [-0.3, -0.25) is 0 Å². The van der Waals surface area contributed by atoms with Crippen molar-refractivity contribution >= 4 is 15.2 Å². The molecule has 0 N–H and O–H groups in total. The van der Waals surface area contributed by atoms with Crippen molar-refractivity contribution in [2.75, 3.05) is 12.3 Å². The van der Waals surface area contributed by atoms with Crippen LogP contribution in [-0.2, 0) is 19.9 Å². The van der Waals surface area contributed by atoms with E-state index in [4.69, 9.17) is 0 Å². The van der Waals surface area contributed by atoms with Gasteiger partial charge in [0.2, 0.25) is 0 Å². The van der Waals surface area contributed by atoms with Crippen LogP contribution in [0.2, 0.25) is 0 Å². The number of hydrogen-bond donors (Lipinski definition) is 0. The molecule has 0 amide bonds. The smallest absolute Gasteiger partial charge is 1.00 e. The first-order valence-electron chi connectivity index (χ1n) is 10.7. The third-order valence-electron chi connectivity index (χ3n) is 6.24. The molecular weight excluding hydrogens is 445 g/mol. The minimum Gasteiger partial charge on any atom is -1.00 e. The molecule has 0 aromatic carbocycles. The van der Waals surface area contributed by atoms with Crippen LogP contribution in [0.1, 0.15) is 107 Å². The van der Waals surface area contributed by atoms with Crippen molar-refractivity contribution < 1.29 is 44.7 Å². The summed E-state index contributed by atoms with van der Waals surface area (Å²) in [5.74, 6) is 0. The van der Waals surface area contributed by atoms with Crippen LogP contribution < -0.4 is 24.8 Å². The fourth-order valence-corrected chi connectivity index (χ4v) is 7.91. The second kappa shape index (κ2) is 16.8. The van der Waals surface area contributed by atoms with Crippen LogP contribution in [0.25, 0.3) is 0 Å². The first kappa shape index (κ1) is 33.8. The number of hydrogen-bond acceptors (Lipinski definition) is 0. The monoisotopic (exact) mass is 491 g/mol. The minimum absolute atomic E-state index is 0. The summed E-state index contributed by atoms with van der Waals surface area (Å²) in [6.45, 7) is 20.6. The Kier molecular flexibility index (Phi) is 21.0. The standard InChI is InChI=1S/C18H37P.C4H10P.2ClH.Ti/c1-8-9-13-19-15-11-10-12-18(14-15,16(2,3)4)17(5,6)7;1-2-3-4-5;;;/h15,19H,8-14H2,1-7H3;5H,2-4H2,1H3;2*1H;/q;-1;;;+3/p-2. The predicted molar refractivity (Wildman–Crippen MR) is 120 cm³/mol. The first-order valence-corrected chi connectivity index (χ1v) is 15.5. The van der Waals surface area contributed by atoms with E-state index in [1.807, 2.05) is 0 Å². The Balaban J connectivity index is -0.000000627. The van der Waals surface area contributed by atoms with Crippen LogP contribution >= 0.6 is 15.2 Å². The SMILES string of the molecule is CCCCPC1CCCC(C(C)(C)C)(C(C)(C)C)C1.CCCC[PH][Ti+2].[Cl-].[Cl-]. The Morgan fingerprint density at radius 1 is 0.889 bits per heavy atom. The van der Waals surface area contributed by atoms with E-state index in [1.54, 1.807) is 0 Å². The van der Waals surface area contributed by atoms with Crippen molar-refractivity contribution in [2.45, 2.75) is 112 Å². The van der Waals surface area contributed by atoms with E-state index < -0.39 is 0 Å². The molecule has 1 fully saturated rings. The molecule has 0 aromatic rings. The molecule has 1 aliphatic carbocycles. The van der Waals surface area contributed by atoms with E-state index >= 15 is 0 Å². The minimum atomic E-state index is 0. The molecule has 163 valence electrons. The molecule has 0 saturated heterocycles. The normalized spacial score (nSPS) is 20.1. The van der Waals surface area contributed by atoms with Gasteiger partial charge in [0, 0.05) is 0 Å². The second-order valence-corrected chi connectivity index (χ2v) is 14.2. The first-order chi connectivity index (χ1) is 11.6. The molecule has 5 heteroatoms. The summed E-state index contributed by atoms with van der Waals surface area (Å²) < 4.78 is 0. The number of halogens is 2. The summed E-state index contributed by atoms with van der Waals surface area (Å²) in [6.07, 6.45) is 14.4. The Morgan fingerprint density at radius 3 is 1.74 bits per heavy atom. The summed E-state index contributed by atoms with van der Waals surface area (Å²) in [4.78, 5) is 0. The van der Waals surface area contributed by atoms with Crippen molar-refractivity contribution in [3.05, 3.63) is 0 Å². The molecule has 1 aliphatic rings. The maximum Gasteiger partial charge on any atom is -1.00 e. The summed E-state index contributed by atoms with van der Waals surface area (Å²) in [5, 5.41) is 0. The topological polar surface area (TPSA) is 0 Å². The second-order valence-electron chi connectivity index (χ2n) is 9.96. The Morgan fingerprint density at radius 2 is 1.37 bits per heavy atom. The maximum atomic E-state index is 2.48. The molecule has 3 unspecified atom stereocenters. The van der Waals surface area contributed by atoms with Crippen LogP contribution in [0, 0.1) is 16.2 Å². The average Bonchev–Trinajstić information content (AvgIpc) is 2.52. The van der Waals surface area contributed by atoms with Crippen LogP contribution in [0.15, 0.2) is 0 Å². The molecular formula is C22H47Cl2P2Ti. The molecule has 0 bridgehead atoms. The summed E-state index contributed by atoms with van der Waals surface area (Å²) in [5.41, 5.74) is 2.40. The third-order valence-corrected chi connectivity index (χ3v) is 9.73. The van der Waals surface area contributed by atoms with Gasteiger partial charge >= 0.3 is 52.4 Å². The van der Waals surface area contributed by atoms with E-state index in [2.05, 4.69) is 75.3 Å². The van der Waals surface area contributed by atoms with Gasteiger partial charge in [0.1, 0.15) is 0 Å². The summed E-state index contributed by atoms with van der Waals surface area (Å²) >= 11 is 2.26. The van der Waals surface area contributed by atoms with E-state index in [0.29, 0.717) is 16.2 Å². The van der Waals surface area contributed by atoms with Crippen LogP contribution in [0.4, 0.5) is 0 Å². The maximum absolute atomic E-state index is 2.48. The van der Waals surface area contributed by atoms with Gasteiger partial charge in [-0.15, -0.1) is 8.58 Å². The van der Waals surface area contributed by atoms with Crippen LogP contribution in [-0.4, -0.2) is 18.0 Å². The Bertz CT molecular complexity index is 320. The van der Waals surface area contributed by atoms with E-state index in [0.717, 1.165) is 12.2 Å². The molecule has 27 heavy (non-hydrogen) atoms. The Hall–Kier alpha value is 2.15. The zero-order chi connectivity index (χ0) is 19.6. The van der Waals surface area contributed by atoms with Gasteiger partial charge in [-0.2, -0.15) is 0 Å². The molecule has 0 spiro atoms. The molecule has 1 rings (SSSR count). The molecule has 0 heterocycles. The molecule has 1 saturated carbocycles. The van der Waals surface area contributed by atoms with E-state index in [9.17, 15) is 0 Å². The van der Waals surface area contributed by atoms with Crippen LogP contribution in [0.5, 0.6) is 0 Å².